The zero-order chi connectivity index (χ0) is 14.5. The molecule has 0 saturated carbocycles. The Hall–Kier alpha value is -2.58. The lowest BCUT2D eigenvalue weighted by molar-refractivity contribution is 0.102. The minimum absolute atomic E-state index is 0.337. The molecule has 6 heteroatoms. The van der Waals surface area contributed by atoms with Crippen LogP contribution in [0.1, 0.15) is 15.9 Å². The van der Waals surface area contributed by atoms with Crippen LogP contribution in [0.4, 0.5) is 11.4 Å². The Morgan fingerprint density at radius 2 is 2.15 bits per heavy atom. The molecule has 100 valence electrons. The molecule has 1 aromatic heterocycles. The van der Waals surface area contributed by atoms with E-state index >= 15 is 0 Å². The molecule has 20 heavy (non-hydrogen) atoms. The lowest BCUT2D eigenvalue weighted by Gasteiger charge is -2.10. The Labute approximate surface area is 121 Å². The molecule has 0 spiro atoms. The molecule has 5 nitrogen and oxygen atoms in total. The third kappa shape index (κ3) is 2.87. The maximum atomic E-state index is 12.2. The zero-order valence-electron chi connectivity index (χ0n) is 10.6. The third-order valence-electron chi connectivity index (χ3n) is 2.69. The number of nitrogens with zero attached hydrogens (tertiary/aromatic N) is 2. The maximum Gasteiger partial charge on any atom is 0.257 e. The highest BCUT2D eigenvalue weighted by Gasteiger charge is 2.13. The van der Waals surface area contributed by atoms with E-state index in [9.17, 15) is 4.79 Å². The van der Waals surface area contributed by atoms with E-state index in [1.807, 2.05) is 6.07 Å². The van der Waals surface area contributed by atoms with Gasteiger partial charge in [-0.1, -0.05) is 11.6 Å². The molecule has 2 rings (SSSR count). The summed E-state index contributed by atoms with van der Waals surface area (Å²) >= 11 is 5.88. The van der Waals surface area contributed by atoms with Gasteiger partial charge in [-0.15, -0.1) is 0 Å². The lowest BCUT2D eigenvalue weighted by Crippen LogP contribution is -2.15. The second-order valence-electron chi connectivity index (χ2n) is 3.93. The molecule has 0 aliphatic rings. The van der Waals surface area contributed by atoms with Gasteiger partial charge in [-0.05, 0) is 24.3 Å². The third-order valence-corrected chi connectivity index (χ3v) is 2.92. The molecule has 0 saturated heterocycles. The fraction of sp³-hybridized carbons (Fsp3) is 0.0714. The van der Waals surface area contributed by atoms with E-state index in [0.717, 1.165) is 0 Å². The van der Waals surface area contributed by atoms with Crippen molar-refractivity contribution >= 4 is 28.9 Å². The van der Waals surface area contributed by atoms with Gasteiger partial charge < -0.3 is 10.6 Å². The van der Waals surface area contributed by atoms with Crippen molar-refractivity contribution in [2.45, 2.75) is 0 Å². The normalized spacial score (nSPS) is 9.65. The van der Waals surface area contributed by atoms with E-state index in [4.69, 9.17) is 16.9 Å². The van der Waals surface area contributed by atoms with Crippen LogP contribution in [0.5, 0.6) is 0 Å². The predicted octanol–water partition coefficient (Wildman–Crippen LogP) is 2.90. The summed E-state index contributed by atoms with van der Waals surface area (Å²) in [7, 11) is 1.70. The van der Waals surface area contributed by atoms with Crippen molar-refractivity contribution in [1.29, 1.82) is 5.26 Å². The number of pyridine rings is 1. The Morgan fingerprint density at radius 1 is 1.35 bits per heavy atom. The standard InChI is InChI=1S/C14H11ClN4O/c1-17-13-8-18-5-4-11(13)14(20)19-12-6-10(15)3-2-9(12)7-16/h2-6,8,17H,1H3,(H,19,20). The summed E-state index contributed by atoms with van der Waals surface area (Å²) in [6.45, 7) is 0. The Morgan fingerprint density at radius 3 is 2.85 bits per heavy atom. The molecule has 0 bridgehead atoms. The molecular formula is C14H11ClN4O. The van der Waals surface area contributed by atoms with Crippen molar-refractivity contribution < 1.29 is 4.79 Å². The molecule has 0 fully saturated rings. The van der Waals surface area contributed by atoms with Gasteiger partial charge in [0.1, 0.15) is 6.07 Å². The van der Waals surface area contributed by atoms with Crippen LogP contribution < -0.4 is 10.6 Å². The number of nitriles is 1. The van der Waals surface area contributed by atoms with Gasteiger partial charge in [0.15, 0.2) is 0 Å². The molecule has 0 unspecified atom stereocenters. The van der Waals surface area contributed by atoms with Crippen molar-refractivity contribution in [3.05, 3.63) is 52.8 Å². The summed E-state index contributed by atoms with van der Waals surface area (Å²) in [5, 5.41) is 15.0. The van der Waals surface area contributed by atoms with Gasteiger partial charge in [0.25, 0.3) is 5.91 Å². The minimum Gasteiger partial charge on any atom is -0.386 e. The van der Waals surface area contributed by atoms with Crippen LogP contribution in [0, 0.1) is 11.3 Å². The second-order valence-corrected chi connectivity index (χ2v) is 4.36. The second kappa shape index (κ2) is 6.04. The molecule has 0 radical (unpaired) electrons. The molecule has 2 aromatic rings. The summed E-state index contributed by atoms with van der Waals surface area (Å²) in [4.78, 5) is 16.2. The first-order valence-electron chi connectivity index (χ1n) is 5.78. The summed E-state index contributed by atoms with van der Waals surface area (Å²) in [6.07, 6.45) is 3.08. The van der Waals surface area contributed by atoms with E-state index < -0.39 is 0 Å². The summed E-state index contributed by atoms with van der Waals surface area (Å²) in [5.41, 5.74) is 1.77. The highest BCUT2D eigenvalue weighted by atomic mass is 35.5. The highest BCUT2D eigenvalue weighted by Crippen LogP contribution is 2.22. The summed E-state index contributed by atoms with van der Waals surface area (Å²) in [6, 6.07) is 8.30. The van der Waals surface area contributed by atoms with Gasteiger partial charge in [-0.25, -0.2) is 0 Å². The van der Waals surface area contributed by atoms with Crippen molar-refractivity contribution in [2.24, 2.45) is 0 Å². The zero-order valence-corrected chi connectivity index (χ0v) is 11.4. The number of carbonyl (C=O) groups is 1. The van der Waals surface area contributed by atoms with Gasteiger partial charge >= 0.3 is 0 Å². The maximum absolute atomic E-state index is 12.2. The molecule has 2 N–H and O–H groups in total. The van der Waals surface area contributed by atoms with Crippen LogP contribution >= 0.6 is 11.6 Å². The van der Waals surface area contributed by atoms with Crippen LogP contribution in [0.3, 0.4) is 0 Å². The van der Waals surface area contributed by atoms with E-state index in [2.05, 4.69) is 15.6 Å². The van der Waals surface area contributed by atoms with Gasteiger partial charge in [0, 0.05) is 18.3 Å². The average molecular weight is 287 g/mol. The first-order chi connectivity index (χ1) is 9.65. The number of rotatable bonds is 3. The fourth-order valence-electron chi connectivity index (χ4n) is 1.70. The number of hydrogen-bond acceptors (Lipinski definition) is 4. The molecule has 0 aliphatic heterocycles. The van der Waals surface area contributed by atoms with Crippen LogP contribution in [0.25, 0.3) is 0 Å². The van der Waals surface area contributed by atoms with Crippen LogP contribution in [0.15, 0.2) is 36.7 Å². The smallest absolute Gasteiger partial charge is 0.257 e. The van der Waals surface area contributed by atoms with E-state index in [-0.39, 0.29) is 5.91 Å². The number of aromatic nitrogens is 1. The molecule has 0 aliphatic carbocycles. The first kappa shape index (κ1) is 13.8. The number of benzene rings is 1. The molecular weight excluding hydrogens is 276 g/mol. The van der Waals surface area contributed by atoms with Crippen molar-refractivity contribution in [2.75, 3.05) is 17.7 Å². The van der Waals surface area contributed by atoms with Gasteiger partial charge in [-0.2, -0.15) is 5.26 Å². The highest BCUT2D eigenvalue weighted by molar-refractivity contribution is 6.31. The van der Waals surface area contributed by atoms with E-state index in [1.54, 1.807) is 31.4 Å². The number of anilines is 2. The van der Waals surface area contributed by atoms with Gasteiger partial charge in [0.05, 0.1) is 28.7 Å². The van der Waals surface area contributed by atoms with Crippen LogP contribution in [-0.4, -0.2) is 17.9 Å². The number of nitrogens with one attached hydrogen (secondary N) is 2. The SMILES string of the molecule is CNc1cnccc1C(=O)Nc1cc(Cl)ccc1C#N. The van der Waals surface area contributed by atoms with Crippen LogP contribution in [-0.2, 0) is 0 Å². The topological polar surface area (TPSA) is 77.8 Å². The lowest BCUT2D eigenvalue weighted by atomic mass is 10.1. The largest absolute Gasteiger partial charge is 0.386 e. The monoisotopic (exact) mass is 286 g/mol. The Balaban J connectivity index is 2.33. The quantitative estimate of drug-likeness (QED) is 0.909. The van der Waals surface area contributed by atoms with Crippen molar-refractivity contribution in [3.63, 3.8) is 0 Å². The first-order valence-corrected chi connectivity index (χ1v) is 6.16. The molecule has 1 heterocycles. The summed E-state index contributed by atoms with van der Waals surface area (Å²) in [5.74, 6) is -0.337. The molecule has 1 aromatic carbocycles. The predicted molar refractivity (Wildman–Crippen MR) is 77.9 cm³/mol. The molecule has 1 amide bonds. The summed E-state index contributed by atoms with van der Waals surface area (Å²) < 4.78 is 0. The number of amides is 1. The number of hydrogen-bond donors (Lipinski definition) is 2. The fourth-order valence-corrected chi connectivity index (χ4v) is 1.87. The minimum atomic E-state index is -0.337. The number of carbonyl (C=O) groups excluding carboxylic acids is 1. The van der Waals surface area contributed by atoms with Gasteiger partial charge in [0.2, 0.25) is 0 Å². The Bertz CT molecular complexity index is 694. The Kier molecular flexibility index (Phi) is 4.18. The van der Waals surface area contributed by atoms with Crippen molar-refractivity contribution in [1.82, 2.24) is 4.98 Å². The average Bonchev–Trinajstić information content (AvgIpc) is 2.47. The van der Waals surface area contributed by atoms with Crippen LogP contribution in [0.2, 0.25) is 5.02 Å². The molecule has 0 atom stereocenters. The van der Waals surface area contributed by atoms with E-state index in [1.165, 1.54) is 12.3 Å². The van der Waals surface area contributed by atoms with Gasteiger partial charge in [-0.3, -0.25) is 9.78 Å². The van der Waals surface area contributed by atoms with E-state index in [0.29, 0.717) is 27.5 Å². The number of halogens is 1. The van der Waals surface area contributed by atoms with Crippen molar-refractivity contribution in [3.8, 4) is 6.07 Å².